The van der Waals surface area contributed by atoms with Crippen LogP contribution in [-0.4, -0.2) is 21.8 Å². The fourth-order valence-electron chi connectivity index (χ4n) is 3.66. The highest BCUT2D eigenvalue weighted by atomic mass is 32.1. The van der Waals surface area contributed by atoms with Crippen molar-refractivity contribution in [1.82, 2.24) is 15.2 Å². The number of nitrogens with zero attached hydrogens (tertiary/aromatic N) is 2. The molecule has 3 aromatic carbocycles. The van der Waals surface area contributed by atoms with E-state index in [4.69, 9.17) is 0 Å². The van der Waals surface area contributed by atoms with Crippen LogP contribution in [0.2, 0.25) is 0 Å². The molecule has 1 aromatic heterocycles. The van der Waals surface area contributed by atoms with Gasteiger partial charge in [-0.3, -0.25) is 9.69 Å². The van der Waals surface area contributed by atoms with Crippen molar-refractivity contribution in [3.63, 3.8) is 0 Å². The number of fused-ring (bicyclic) bond motifs is 2. The van der Waals surface area contributed by atoms with Gasteiger partial charge in [-0.25, -0.2) is 9.78 Å². The number of nitrogens with one attached hydrogen (secondary N) is 1. The Morgan fingerprint density at radius 1 is 1.00 bits per heavy atom. The molecule has 0 saturated carbocycles. The van der Waals surface area contributed by atoms with Crippen LogP contribution in [0.25, 0.3) is 21.0 Å². The van der Waals surface area contributed by atoms with Crippen LogP contribution in [0.15, 0.2) is 66.7 Å². The third-order valence-electron chi connectivity index (χ3n) is 5.23. The SMILES string of the molecule is C[C@@]1(c2ccc3ccccc3c2)NC(=O)N(Cc2nc3ccccc3s2)C1=O. The minimum Gasteiger partial charge on any atom is -0.319 e. The Hall–Kier alpha value is -3.25. The van der Waals surface area contributed by atoms with Crippen LogP contribution in [0.5, 0.6) is 0 Å². The van der Waals surface area contributed by atoms with E-state index in [1.165, 1.54) is 16.2 Å². The molecular weight excluding hydrogens is 370 g/mol. The first-order valence-electron chi connectivity index (χ1n) is 9.02. The number of imide groups is 1. The van der Waals surface area contributed by atoms with Crippen LogP contribution in [0.1, 0.15) is 17.5 Å². The Kier molecular flexibility index (Phi) is 3.70. The number of aromatic nitrogens is 1. The molecule has 0 radical (unpaired) electrons. The van der Waals surface area contributed by atoms with Gasteiger partial charge in [0.25, 0.3) is 5.91 Å². The van der Waals surface area contributed by atoms with Crippen LogP contribution >= 0.6 is 11.3 Å². The molecule has 2 heterocycles. The molecule has 0 aliphatic carbocycles. The monoisotopic (exact) mass is 387 g/mol. The van der Waals surface area contributed by atoms with Gasteiger partial charge < -0.3 is 5.32 Å². The van der Waals surface area contributed by atoms with E-state index in [0.717, 1.165) is 31.6 Å². The van der Waals surface area contributed by atoms with Gasteiger partial charge in [0.1, 0.15) is 10.5 Å². The van der Waals surface area contributed by atoms with Crippen LogP contribution < -0.4 is 5.32 Å². The van der Waals surface area contributed by atoms with Gasteiger partial charge in [-0.05, 0) is 41.5 Å². The average molecular weight is 387 g/mol. The summed E-state index contributed by atoms with van der Waals surface area (Å²) in [7, 11) is 0. The third kappa shape index (κ3) is 2.57. The number of rotatable bonds is 3. The molecule has 6 heteroatoms. The van der Waals surface area contributed by atoms with Gasteiger partial charge in [-0.2, -0.15) is 0 Å². The van der Waals surface area contributed by atoms with Crippen molar-refractivity contribution >= 4 is 44.3 Å². The summed E-state index contributed by atoms with van der Waals surface area (Å²) >= 11 is 1.50. The normalized spacial score (nSPS) is 19.5. The summed E-state index contributed by atoms with van der Waals surface area (Å²) < 4.78 is 1.04. The number of urea groups is 1. The molecule has 1 fully saturated rings. The zero-order valence-electron chi connectivity index (χ0n) is 15.2. The lowest BCUT2D eigenvalue weighted by molar-refractivity contribution is -0.131. The molecule has 28 heavy (non-hydrogen) atoms. The first-order chi connectivity index (χ1) is 13.5. The molecule has 4 aromatic rings. The molecule has 0 bridgehead atoms. The van der Waals surface area contributed by atoms with E-state index in [1.54, 1.807) is 6.92 Å². The maximum Gasteiger partial charge on any atom is 0.325 e. The maximum absolute atomic E-state index is 13.2. The molecule has 1 N–H and O–H groups in total. The minimum absolute atomic E-state index is 0.174. The lowest BCUT2D eigenvalue weighted by Crippen LogP contribution is -2.40. The van der Waals surface area contributed by atoms with E-state index < -0.39 is 5.54 Å². The van der Waals surface area contributed by atoms with Crippen LogP contribution in [-0.2, 0) is 16.9 Å². The largest absolute Gasteiger partial charge is 0.325 e. The summed E-state index contributed by atoms with van der Waals surface area (Å²) in [5, 5.41) is 5.75. The van der Waals surface area contributed by atoms with Gasteiger partial charge in [0.05, 0.1) is 16.8 Å². The Morgan fingerprint density at radius 2 is 1.75 bits per heavy atom. The topological polar surface area (TPSA) is 62.3 Å². The van der Waals surface area contributed by atoms with Crippen molar-refractivity contribution in [2.75, 3.05) is 0 Å². The van der Waals surface area contributed by atoms with E-state index in [1.807, 2.05) is 66.7 Å². The standard InChI is InChI=1S/C22H17N3O2S/c1-22(16-11-10-14-6-2-3-7-15(14)12-16)20(26)25(21(27)24-22)13-19-23-17-8-4-5-9-18(17)28-19/h2-12H,13H2,1H3,(H,24,27)/t22-/m0/s1. The molecule has 5 rings (SSSR count). The van der Waals surface area contributed by atoms with Crippen LogP contribution in [0.4, 0.5) is 4.79 Å². The second kappa shape index (κ2) is 6.14. The first-order valence-corrected chi connectivity index (χ1v) is 9.84. The number of benzene rings is 3. The van der Waals surface area contributed by atoms with Crippen LogP contribution in [0, 0.1) is 0 Å². The number of carbonyl (C=O) groups excluding carboxylic acids is 2. The summed E-state index contributed by atoms with van der Waals surface area (Å²) in [6.45, 7) is 1.93. The molecule has 0 spiro atoms. The maximum atomic E-state index is 13.2. The zero-order chi connectivity index (χ0) is 19.3. The molecule has 3 amide bonds. The van der Waals surface area contributed by atoms with Crippen LogP contribution in [0.3, 0.4) is 0 Å². The number of carbonyl (C=O) groups is 2. The highest BCUT2D eigenvalue weighted by Gasteiger charge is 2.49. The number of para-hydroxylation sites is 1. The fourth-order valence-corrected chi connectivity index (χ4v) is 4.62. The summed E-state index contributed by atoms with van der Waals surface area (Å²) in [5.41, 5.74) is 0.570. The zero-order valence-corrected chi connectivity index (χ0v) is 16.0. The highest BCUT2D eigenvalue weighted by molar-refractivity contribution is 7.18. The molecule has 1 saturated heterocycles. The fraction of sp³-hybridized carbons (Fsp3) is 0.136. The molecule has 138 valence electrons. The van der Waals surface area contributed by atoms with E-state index in [0.29, 0.717) is 0 Å². The average Bonchev–Trinajstić information content (AvgIpc) is 3.22. The first kappa shape index (κ1) is 16.9. The molecular formula is C22H17N3O2S. The predicted molar refractivity (Wildman–Crippen MR) is 110 cm³/mol. The van der Waals surface area contributed by atoms with Gasteiger partial charge in [0, 0.05) is 0 Å². The lowest BCUT2D eigenvalue weighted by atomic mass is 9.90. The summed E-state index contributed by atoms with van der Waals surface area (Å²) in [5.74, 6) is -0.257. The van der Waals surface area contributed by atoms with Crippen molar-refractivity contribution in [2.24, 2.45) is 0 Å². The Bertz CT molecular complexity index is 1220. The van der Waals surface area contributed by atoms with Gasteiger partial charge in [-0.15, -0.1) is 11.3 Å². The van der Waals surface area contributed by atoms with Gasteiger partial charge in [0.2, 0.25) is 0 Å². The van der Waals surface area contributed by atoms with Crippen molar-refractivity contribution in [2.45, 2.75) is 19.0 Å². The molecule has 1 atom stereocenters. The Balaban J connectivity index is 1.48. The van der Waals surface area contributed by atoms with E-state index in [9.17, 15) is 9.59 Å². The second-order valence-corrected chi connectivity index (χ2v) is 8.20. The summed E-state index contributed by atoms with van der Waals surface area (Å²) in [6.07, 6.45) is 0. The third-order valence-corrected chi connectivity index (χ3v) is 6.25. The number of hydrogen-bond acceptors (Lipinski definition) is 4. The number of hydrogen-bond donors (Lipinski definition) is 1. The molecule has 0 unspecified atom stereocenters. The highest BCUT2D eigenvalue weighted by Crippen LogP contribution is 2.32. The molecule has 1 aliphatic heterocycles. The van der Waals surface area contributed by atoms with E-state index in [-0.39, 0.29) is 18.5 Å². The second-order valence-electron chi connectivity index (χ2n) is 7.08. The van der Waals surface area contributed by atoms with Gasteiger partial charge >= 0.3 is 6.03 Å². The predicted octanol–water partition coefficient (Wildman–Crippen LogP) is 4.42. The lowest BCUT2D eigenvalue weighted by Gasteiger charge is -2.22. The smallest absolute Gasteiger partial charge is 0.319 e. The van der Waals surface area contributed by atoms with Gasteiger partial charge in [-0.1, -0.05) is 48.5 Å². The summed E-state index contributed by atoms with van der Waals surface area (Å²) in [6, 6.07) is 21.2. The van der Waals surface area contributed by atoms with E-state index >= 15 is 0 Å². The van der Waals surface area contributed by atoms with Crippen molar-refractivity contribution in [3.8, 4) is 0 Å². The molecule has 1 aliphatic rings. The van der Waals surface area contributed by atoms with Crippen molar-refractivity contribution in [1.29, 1.82) is 0 Å². The summed E-state index contributed by atoms with van der Waals surface area (Å²) in [4.78, 5) is 31.6. The minimum atomic E-state index is -1.09. The number of thiazole rings is 1. The quantitative estimate of drug-likeness (QED) is 0.530. The Morgan fingerprint density at radius 3 is 2.57 bits per heavy atom. The van der Waals surface area contributed by atoms with Gasteiger partial charge in [0.15, 0.2) is 0 Å². The Labute approximate surface area is 165 Å². The molecule has 5 nitrogen and oxygen atoms in total. The van der Waals surface area contributed by atoms with Crippen molar-refractivity contribution in [3.05, 3.63) is 77.3 Å². The number of amides is 3. The van der Waals surface area contributed by atoms with Crippen molar-refractivity contribution < 1.29 is 9.59 Å². The van der Waals surface area contributed by atoms with E-state index in [2.05, 4.69) is 10.3 Å².